The van der Waals surface area contributed by atoms with Gasteiger partial charge < -0.3 is 4.74 Å². The Morgan fingerprint density at radius 3 is 2.38 bits per heavy atom. The highest BCUT2D eigenvalue weighted by molar-refractivity contribution is 7.89. The summed E-state index contributed by atoms with van der Waals surface area (Å²) in [5.74, 6) is -2.14. The molecule has 4 nitrogen and oxygen atoms in total. The molecule has 1 aliphatic heterocycles. The zero-order valence-corrected chi connectivity index (χ0v) is 14.5. The Hall–Kier alpha value is -1.35. The molecule has 0 unspecified atom stereocenters. The van der Waals surface area contributed by atoms with E-state index in [1.165, 1.54) is 15.6 Å². The fraction of sp³-hybridized carbons (Fsp3) is 0.375. The monoisotopic (exact) mass is 373 g/mol. The van der Waals surface area contributed by atoms with Crippen LogP contribution in [0.4, 0.5) is 8.78 Å². The molecule has 0 radical (unpaired) electrons. The lowest BCUT2D eigenvalue weighted by Gasteiger charge is -2.33. The van der Waals surface area contributed by atoms with E-state index in [1.807, 2.05) is 17.5 Å². The van der Waals surface area contributed by atoms with Crippen LogP contribution in [-0.2, 0) is 21.3 Å². The predicted molar refractivity (Wildman–Crippen MR) is 87.2 cm³/mol. The van der Waals surface area contributed by atoms with Gasteiger partial charge in [-0.25, -0.2) is 17.2 Å². The Kier molecular flexibility index (Phi) is 5.29. The summed E-state index contributed by atoms with van der Waals surface area (Å²) in [6.45, 7) is 0.959. The molecule has 0 atom stereocenters. The van der Waals surface area contributed by atoms with Gasteiger partial charge in [0.2, 0.25) is 10.0 Å². The van der Waals surface area contributed by atoms with Crippen molar-refractivity contribution in [3.63, 3.8) is 0 Å². The van der Waals surface area contributed by atoms with Crippen LogP contribution in [0.25, 0.3) is 0 Å². The van der Waals surface area contributed by atoms with Gasteiger partial charge >= 0.3 is 0 Å². The molecule has 0 N–H and O–H groups in total. The molecule has 24 heavy (non-hydrogen) atoms. The summed E-state index contributed by atoms with van der Waals surface area (Å²) in [6, 6.07) is 6.36. The van der Waals surface area contributed by atoms with E-state index in [0.29, 0.717) is 26.1 Å². The van der Waals surface area contributed by atoms with E-state index in [2.05, 4.69) is 0 Å². The molecule has 2 aromatic rings. The molecule has 130 valence electrons. The Bertz CT molecular complexity index is 767. The van der Waals surface area contributed by atoms with Gasteiger partial charge in [0.1, 0.15) is 11.6 Å². The molecule has 3 rings (SSSR count). The van der Waals surface area contributed by atoms with Crippen LogP contribution < -0.4 is 0 Å². The lowest BCUT2D eigenvalue weighted by atomic mass is 10.1. The molecule has 0 spiro atoms. The van der Waals surface area contributed by atoms with E-state index < -0.39 is 26.6 Å². The van der Waals surface area contributed by atoms with E-state index in [4.69, 9.17) is 4.74 Å². The fourth-order valence-electron chi connectivity index (χ4n) is 2.79. The third kappa shape index (κ3) is 3.51. The minimum atomic E-state index is -4.30. The molecule has 1 fully saturated rings. The summed E-state index contributed by atoms with van der Waals surface area (Å²) in [7, 11) is -4.30. The second-order valence-corrected chi connectivity index (χ2v) is 8.38. The van der Waals surface area contributed by atoms with E-state index in [-0.39, 0.29) is 12.6 Å². The van der Waals surface area contributed by atoms with Crippen LogP contribution in [0.3, 0.4) is 0 Å². The van der Waals surface area contributed by atoms with Gasteiger partial charge in [0, 0.05) is 30.7 Å². The molecule has 1 saturated heterocycles. The van der Waals surface area contributed by atoms with Gasteiger partial charge in [-0.3, -0.25) is 0 Å². The summed E-state index contributed by atoms with van der Waals surface area (Å²) in [6.07, 6.45) is 1.00. The summed E-state index contributed by atoms with van der Waals surface area (Å²) in [4.78, 5) is -0.0603. The number of sulfonamides is 1. The van der Waals surface area contributed by atoms with Crippen molar-refractivity contribution in [2.45, 2.75) is 30.3 Å². The zero-order valence-electron chi connectivity index (χ0n) is 12.8. The van der Waals surface area contributed by atoms with E-state index >= 15 is 0 Å². The lowest BCUT2D eigenvalue weighted by Crippen LogP contribution is -2.43. The van der Waals surface area contributed by atoms with Gasteiger partial charge in [-0.2, -0.15) is 4.31 Å². The molecule has 2 heterocycles. The molecule has 8 heteroatoms. The highest BCUT2D eigenvalue weighted by Crippen LogP contribution is 2.29. The van der Waals surface area contributed by atoms with E-state index in [9.17, 15) is 17.2 Å². The van der Waals surface area contributed by atoms with E-state index in [1.54, 1.807) is 0 Å². The van der Waals surface area contributed by atoms with Crippen LogP contribution in [0.2, 0.25) is 0 Å². The Morgan fingerprint density at radius 1 is 1.12 bits per heavy atom. The van der Waals surface area contributed by atoms with Crippen LogP contribution in [-0.4, -0.2) is 32.0 Å². The molecule has 1 aliphatic rings. The molecule has 0 bridgehead atoms. The smallest absolute Gasteiger partial charge is 0.249 e. The largest absolute Gasteiger partial charge is 0.381 e. The fourth-order valence-corrected chi connectivity index (χ4v) is 5.35. The first-order valence-corrected chi connectivity index (χ1v) is 9.88. The molecule has 0 amide bonds. The molecule has 1 aromatic heterocycles. The highest BCUT2D eigenvalue weighted by atomic mass is 32.2. The number of benzene rings is 1. The van der Waals surface area contributed by atoms with Crippen LogP contribution in [0.15, 0.2) is 40.6 Å². The van der Waals surface area contributed by atoms with Crippen molar-refractivity contribution in [1.29, 1.82) is 0 Å². The van der Waals surface area contributed by atoms with Crippen molar-refractivity contribution in [3.05, 3.63) is 52.2 Å². The number of halogens is 2. The van der Waals surface area contributed by atoms with Crippen LogP contribution in [0.5, 0.6) is 0 Å². The third-order valence-electron chi connectivity index (χ3n) is 3.98. The number of hydrogen-bond donors (Lipinski definition) is 0. The molecular formula is C16H17F2NO3S2. The number of thiophene rings is 1. The second kappa shape index (κ2) is 7.26. The standard InChI is InChI=1S/C16H17F2NO3S2/c17-14-4-1-5-15(18)16(14)24(20,21)19(11-13-3-2-10-23-13)12-6-8-22-9-7-12/h1-5,10,12H,6-9,11H2. The van der Waals surface area contributed by atoms with Crippen molar-refractivity contribution in [3.8, 4) is 0 Å². The molecule has 1 aromatic carbocycles. The summed E-state index contributed by atoms with van der Waals surface area (Å²) in [5, 5.41) is 1.84. The quantitative estimate of drug-likeness (QED) is 0.807. The Balaban J connectivity index is 2.02. The van der Waals surface area contributed by atoms with Gasteiger partial charge in [0.25, 0.3) is 0 Å². The van der Waals surface area contributed by atoms with Crippen molar-refractivity contribution < 1.29 is 21.9 Å². The van der Waals surface area contributed by atoms with Gasteiger partial charge in [0.15, 0.2) is 4.90 Å². The van der Waals surface area contributed by atoms with Gasteiger partial charge in [-0.15, -0.1) is 11.3 Å². The van der Waals surface area contributed by atoms with Crippen molar-refractivity contribution in [2.75, 3.05) is 13.2 Å². The first-order chi connectivity index (χ1) is 11.5. The number of nitrogens with zero attached hydrogens (tertiary/aromatic N) is 1. The molecular weight excluding hydrogens is 356 g/mol. The normalized spacial score (nSPS) is 16.6. The van der Waals surface area contributed by atoms with Crippen LogP contribution >= 0.6 is 11.3 Å². The van der Waals surface area contributed by atoms with Crippen LogP contribution in [0, 0.1) is 11.6 Å². The maximum atomic E-state index is 14.1. The lowest BCUT2D eigenvalue weighted by molar-refractivity contribution is 0.0570. The Labute approximate surface area is 143 Å². The zero-order chi connectivity index (χ0) is 17.2. The molecule has 0 aliphatic carbocycles. The number of rotatable bonds is 5. The number of ether oxygens (including phenoxy) is 1. The van der Waals surface area contributed by atoms with Gasteiger partial charge in [-0.1, -0.05) is 12.1 Å². The first-order valence-electron chi connectivity index (χ1n) is 7.56. The van der Waals surface area contributed by atoms with Gasteiger partial charge in [-0.05, 0) is 36.4 Å². The minimum Gasteiger partial charge on any atom is -0.381 e. The van der Waals surface area contributed by atoms with Crippen molar-refractivity contribution >= 4 is 21.4 Å². The summed E-state index contributed by atoms with van der Waals surface area (Å²) in [5.41, 5.74) is 0. The molecule has 0 saturated carbocycles. The Morgan fingerprint density at radius 2 is 1.79 bits per heavy atom. The minimum absolute atomic E-state index is 0.0957. The van der Waals surface area contributed by atoms with Crippen molar-refractivity contribution in [2.24, 2.45) is 0 Å². The van der Waals surface area contributed by atoms with E-state index in [0.717, 1.165) is 23.1 Å². The van der Waals surface area contributed by atoms with Gasteiger partial charge in [0.05, 0.1) is 0 Å². The van der Waals surface area contributed by atoms with Crippen molar-refractivity contribution in [1.82, 2.24) is 4.31 Å². The first kappa shape index (κ1) is 17.5. The summed E-state index contributed by atoms with van der Waals surface area (Å²) >= 11 is 1.41. The average molecular weight is 373 g/mol. The predicted octanol–water partition coefficient (Wildman–Crippen LogP) is 3.40. The third-order valence-corrected chi connectivity index (χ3v) is 6.79. The summed E-state index contributed by atoms with van der Waals surface area (Å²) < 4.78 is 60.7. The maximum absolute atomic E-state index is 14.1. The SMILES string of the molecule is O=S(=O)(c1c(F)cccc1F)N(Cc1cccs1)C1CCOCC1. The highest BCUT2D eigenvalue weighted by Gasteiger charge is 2.36. The average Bonchev–Trinajstić information content (AvgIpc) is 3.06. The number of hydrogen-bond acceptors (Lipinski definition) is 4. The topological polar surface area (TPSA) is 46.6 Å². The second-order valence-electron chi connectivity index (χ2n) is 5.52. The van der Waals surface area contributed by atoms with Crippen LogP contribution in [0.1, 0.15) is 17.7 Å². The maximum Gasteiger partial charge on any atom is 0.249 e.